The fraction of sp³-hybridized carbons (Fsp3) is 0.304. The Morgan fingerprint density at radius 3 is 2.48 bits per heavy atom. The Kier molecular flexibility index (Phi) is 6.08. The van der Waals surface area contributed by atoms with E-state index >= 15 is 0 Å². The van der Waals surface area contributed by atoms with Crippen molar-refractivity contribution in [3.05, 3.63) is 77.9 Å². The summed E-state index contributed by atoms with van der Waals surface area (Å²) in [5.41, 5.74) is 2.62. The van der Waals surface area contributed by atoms with Crippen molar-refractivity contribution in [1.29, 1.82) is 0 Å². The summed E-state index contributed by atoms with van der Waals surface area (Å²) in [6.07, 6.45) is 2.27. The van der Waals surface area contributed by atoms with Gasteiger partial charge in [0.1, 0.15) is 5.75 Å². The highest BCUT2D eigenvalue weighted by Gasteiger charge is 2.11. The van der Waals surface area contributed by atoms with E-state index in [1.807, 2.05) is 0 Å². The molecule has 1 N–H and O–H groups in total. The van der Waals surface area contributed by atoms with Crippen LogP contribution in [0.2, 0.25) is 0 Å². The molecule has 0 aliphatic carbocycles. The first-order valence-corrected chi connectivity index (χ1v) is 9.20. The number of nitrogens with one attached hydrogen (secondary N) is 1. The van der Waals surface area contributed by atoms with Gasteiger partial charge in [-0.2, -0.15) is 0 Å². The van der Waals surface area contributed by atoms with Gasteiger partial charge in [0.15, 0.2) is 0 Å². The molecule has 0 radical (unpaired) electrons. The summed E-state index contributed by atoms with van der Waals surface area (Å²) in [5, 5.41) is 6.13. The van der Waals surface area contributed by atoms with Crippen molar-refractivity contribution in [3.8, 4) is 5.75 Å². The monoisotopic (exact) mass is 333 g/mol. The lowest BCUT2D eigenvalue weighted by molar-refractivity contribution is 0.215. The van der Waals surface area contributed by atoms with E-state index in [0.717, 1.165) is 31.7 Å². The third kappa shape index (κ3) is 4.61. The van der Waals surface area contributed by atoms with Crippen molar-refractivity contribution < 1.29 is 4.74 Å². The highest BCUT2D eigenvalue weighted by molar-refractivity contribution is 5.87. The van der Waals surface area contributed by atoms with Crippen molar-refractivity contribution in [2.24, 2.45) is 0 Å². The summed E-state index contributed by atoms with van der Waals surface area (Å²) >= 11 is 0. The molecule has 25 heavy (non-hydrogen) atoms. The van der Waals surface area contributed by atoms with Gasteiger partial charge >= 0.3 is 0 Å². The second-order valence-corrected chi connectivity index (χ2v) is 6.51. The maximum Gasteiger partial charge on any atom is 0.124 e. The Morgan fingerprint density at radius 2 is 1.68 bits per heavy atom. The molecule has 0 spiro atoms. The first-order chi connectivity index (χ1) is 12.3. The van der Waals surface area contributed by atoms with Crippen LogP contribution < -0.4 is 10.1 Å². The van der Waals surface area contributed by atoms with Crippen LogP contribution in [-0.4, -0.2) is 12.6 Å². The van der Waals surface area contributed by atoms with E-state index in [0.29, 0.717) is 0 Å². The van der Waals surface area contributed by atoms with Gasteiger partial charge in [-0.1, -0.05) is 67.6 Å². The summed E-state index contributed by atoms with van der Waals surface area (Å²) < 4.78 is 6.18. The maximum absolute atomic E-state index is 6.18. The fourth-order valence-electron chi connectivity index (χ4n) is 3.00. The molecule has 3 aromatic rings. The Hall–Kier alpha value is -2.32. The molecule has 2 nitrogen and oxygen atoms in total. The smallest absolute Gasteiger partial charge is 0.124 e. The summed E-state index contributed by atoms with van der Waals surface area (Å²) in [7, 11) is 0. The molecular formula is C23H27NO. The predicted octanol–water partition coefficient (Wildman–Crippen LogP) is 5.35. The first-order valence-electron chi connectivity index (χ1n) is 9.20. The molecule has 0 aromatic heterocycles. The molecule has 0 fully saturated rings. The molecule has 0 bridgehead atoms. The van der Waals surface area contributed by atoms with Crippen molar-refractivity contribution in [2.75, 3.05) is 6.54 Å². The van der Waals surface area contributed by atoms with E-state index < -0.39 is 0 Å². The van der Waals surface area contributed by atoms with E-state index in [9.17, 15) is 0 Å². The van der Waals surface area contributed by atoms with E-state index in [1.54, 1.807) is 0 Å². The average Bonchev–Trinajstić information content (AvgIpc) is 2.67. The average molecular weight is 333 g/mol. The Labute approximate surface area is 150 Å². The lowest BCUT2D eigenvalue weighted by Gasteiger charge is -2.18. The highest BCUT2D eigenvalue weighted by atomic mass is 16.5. The minimum absolute atomic E-state index is 0.226. The van der Waals surface area contributed by atoms with Crippen LogP contribution in [-0.2, 0) is 13.0 Å². The molecule has 1 atom stereocenters. The van der Waals surface area contributed by atoms with Gasteiger partial charge in [-0.05, 0) is 48.7 Å². The molecule has 3 rings (SSSR count). The molecule has 0 aliphatic heterocycles. The zero-order chi connectivity index (χ0) is 17.5. The molecule has 0 saturated heterocycles. The number of ether oxygens (including phenoxy) is 1. The molecule has 0 saturated carbocycles. The van der Waals surface area contributed by atoms with Gasteiger partial charge in [-0.15, -0.1) is 0 Å². The second-order valence-electron chi connectivity index (χ2n) is 6.51. The summed E-state index contributed by atoms with van der Waals surface area (Å²) in [4.78, 5) is 0. The van der Waals surface area contributed by atoms with Crippen molar-refractivity contribution in [2.45, 2.75) is 39.3 Å². The normalized spacial score (nSPS) is 12.2. The molecule has 130 valence electrons. The predicted molar refractivity (Wildman–Crippen MR) is 106 cm³/mol. The van der Waals surface area contributed by atoms with Gasteiger partial charge in [0.05, 0.1) is 6.10 Å². The van der Waals surface area contributed by atoms with E-state index in [2.05, 4.69) is 85.9 Å². The molecule has 1 unspecified atom stereocenters. The van der Waals surface area contributed by atoms with Gasteiger partial charge in [0.25, 0.3) is 0 Å². The van der Waals surface area contributed by atoms with Crippen LogP contribution in [0.1, 0.15) is 31.4 Å². The van der Waals surface area contributed by atoms with Gasteiger partial charge in [0, 0.05) is 12.1 Å². The summed E-state index contributed by atoms with van der Waals surface area (Å²) in [5.74, 6) is 1.00. The molecule has 0 aliphatic rings. The van der Waals surface area contributed by atoms with Gasteiger partial charge in [-0.25, -0.2) is 0 Å². The molecule has 2 heteroatoms. The zero-order valence-electron chi connectivity index (χ0n) is 15.2. The number of rotatable bonds is 8. The van der Waals surface area contributed by atoms with Crippen LogP contribution in [0, 0.1) is 0 Å². The maximum atomic E-state index is 6.18. The third-order valence-electron chi connectivity index (χ3n) is 4.64. The van der Waals surface area contributed by atoms with Crippen LogP contribution in [0.25, 0.3) is 10.8 Å². The second kappa shape index (κ2) is 8.68. The fourth-order valence-corrected chi connectivity index (χ4v) is 3.00. The highest BCUT2D eigenvalue weighted by Crippen LogP contribution is 2.29. The third-order valence-corrected chi connectivity index (χ3v) is 4.64. The van der Waals surface area contributed by atoms with Gasteiger partial charge in [0.2, 0.25) is 0 Å². The number of fused-ring (bicyclic) bond motifs is 1. The van der Waals surface area contributed by atoms with E-state index in [1.165, 1.54) is 21.9 Å². The minimum atomic E-state index is 0.226. The summed E-state index contributed by atoms with van der Waals surface area (Å²) in [6, 6.07) is 23.4. The lowest BCUT2D eigenvalue weighted by atomic mass is 10.0. The van der Waals surface area contributed by atoms with Crippen LogP contribution in [0.4, 0.5) is 0 Å². The van der Waals surface area contributed by atoms with Crippen molar-refractivity contribution in [3.63, 3.8) is 0 Å². The largest absolute Gasteiger partial charge is 0.490 e. The molecular weight excluding hydrogens is 306 g/mol. The minimum Gasteiger partial charge on any atom is -0.490 e. The van der Waals surface area contributed by atoms with Gasteiger partial charge < -0.3 is 10.1 Å². The van der Waals surface area contributed by atoms with Crippen LogP contribution >= 0.6 is 0 Å². The van der Waals surface area contributed by atoms with Gasteiger partial charge in [-0.3, -0.25) is 0 Å². The Morgan fingerprint density at radius 1 is 0.920 bits per heavy atom. The lowest BCUT2D eigenvalue weighted by Crippen LogP contribution is -2.19. The number of hydrogen-bond acceptors (Lipinski definition) is 2. The molecule has 0 amide bonds. The van der Waals surface area contributed by atoms with Crippen molar-refractivity contribution >= 4 is 10.8 Å². The quantitative estimate of drug-likeness (QED) is 0.561. The first kappa shape index (κ1) is 17.5. The van der Waals surface area contributed by atoms with E-state index in [4.69, 9.17) is 4.74 Å². The zero-order valence-corrected chi connectivity index (χ0v) is 15.2. The van der Waals surface area contributed by atoms with Crippen LogP contribution in [0.5, 0.6) is 5.75 Å². The Bertz CT molecular complexity index is 798. The molecule has 3 aromatic carbocycles. The number of benzene rings is 3. The van der Waals surface area contributed by atoms with Crippen LogP contribution in [0.15, 0.2) is 66.7 Å². The van der Waals surface area contributed by atoms with Crippen molar-refractivity contribution in [1.82, 2.24) is 5.32 Å². The topological polar surface area (TPSA) is 21.3 Å². The summed E-state index contributed by atoms with van der Waals surface area (Å²) in [6.45, 7) is 6.06. The van der Waals surface area contributed by atoms with Crippen LogP contribution in [0.3, 0.4) is 0 Å². The van der Waals surface area contributed by atoms with E-state index in [-0.39, 0.29) is 6.10 Å². The Balaban J connectivity index is 1.74. The molecule has 0 heterocycles. The SMILES string of the molecule is CCC(C)Oc1ccc2ccccc2c1CNCCc1ccccc1. The standard InChI is InChI=1S/C23H27NO/c1-3-18(2)25-23-14-13-20-11-7-8-12-21(20)22(23)17-24-16-15-19-9-5-4-6-10-19/h4-14,18,24H,3,15-17H2,1-2H3. The number of hydrogen-bond donors (Lipinski definition) is 1.